The van der Waals surface area contributed by atoms with Crippen molar-refractivity contribution in [3.63, 3.8) is 0 Å². The standard InChI is InChI=1S/C14H17OP/c1-14(15-16,12-8-4-2-5-9-12)13-10-6-3-7-11-13/h2-11H,1H3,16H4. The van der Waals surface area contributed by atoms with Crippen LogP contribution in [0.2, 0.25) is 0 Å². The Labute approximate surface area is 98.7 Å². The van der Waals surface area contributed by atoms with Gasteiger partial charge in [-0.15, -0.1) is 0 Å². The molecular formula is C14H17OP. The first-order chi connectivity index (χ1) is 7.77. The van der Waals surface area contributed by atoms with Gasteiger partial charge in [0.25, 0.3) is 0 Å². The number of hydrogen-bond acceptors (Lipinski definition) is 1. The van der Waals surface area contributed by atoms with E-state index in [0.717, 1.165) is 0 Å². The van der Waals surface area contributed by atoms with E-state index in [1.165, 1.54) is 11.1 Å². The van der Waals surface area contributed by atoms with Gasteiger partial charge in [0.05, 0.1) is 0 Å². The summed E-state index contributed by atoms with van der Waals surface area (Å²) in [6.07, 6.45) is 0. The van der Waals surface area contributed by atoms with Gasteiger partial charge in [0.15, 0.2) is 0 Å². The summed E-state index contributed by atoms with van der Waals surface area (Å²) < 4.78 is 5.85. The van der Waals surface area contributed by atoms with Gasteiger partial charge in [-0.3, -0.25) is 0 Å². The van der Waals surface area contributed by atoms with Crippen LogP contribution < -0.4 is 0 Å². The molecule has 0 spiro atoms. The van der Waals surface area contributed by atoms with Crippen LogP contribution in [0, 0.1) is 0 Å². The van der Waals surface area contributed by atoms with Gasteiger partial charge in [0.1, 0.15) is 0 Å². The fraction of sp³-hybridized carbons (Fsp3) is 0.143. The minimum atomic E-state index is -0.311. The van der Waals surface area contributed by atoms with E-state index in [-0.39, 0.29) is 5.60 Å². The molecule has 2 aromatic rings. The van der Waals surface area contributed by atoms with Crippen LogP contribution in [-0.4, -0.2) is 0 Å². The second-order valence-corrected chi connectivity index (χ2v) is 4.38. The summed E-state index contributed by atoms with van der Waals surface area (Å²) >= 11 is 0. The maximum absolute atomic E-state index is 5.85. The van der Waals surface area contributed by atoms with Gasteiger partial charge in [0, 0.05) is 0 Å². The Kier molecular flexibility index (Phi) is 3.38. The van der Waals surface area contributed by atoms with Crippen molar-refractivity contribution in [1.29, 1.82) is 0 Å². The molecular weight excluding hydrogens is 215 g/mol. The zero-order chi connectivity index (χ0) is 11.4. The molecule has 84 valence electrons. The Bertz CT molecular complexity index is 399. The molecule has 0 atom stereocenters. The molecule has 0 N–H and O–H groups in total. The predicted octanol–water partition coefficient (Wildman–Crippen LogP) is 3.22. The van der Waals surface area contributed by atoms with E-state index in [2.05, 4.69) is 55.5 Å². The molecule has 0 fully saturated rings. The third kappa shape index (κ3) is 2.02. The molecule has 2 heteroatoms. The van der Waals surface area contributed by atoms with Crippen molar-refractivity contribution in [1.82, 2.24) is 0 Å². The van der Waals surface area contributed by atoms with Crippen molar-refractivity contribution in [2.24, 2.45) is 0 Å². The van der Waals surface area contributed by atoms with Crippen molar-refractivity contribution in [3.05, 3.63) is 71.8 Å². The molecule has 0 aliphatic carbocycles. The van der Waals surface area contributed by atoms with Gasteiger partial charge in [-0.25, -0.2) is 0 Å². The Morgan fingerprint density at radius 2 is 1.19 bits per heavy atom. The quantitative estimate of drug-likeness (QED) is 0.738. The first-order valence-electron chi connectivity index (χ1n) is 5.43. The second kappa shape index (κ2) is 4.78. The van der Waals surface area contributed by atoms with Crippen LogP contribution in [0.1, 0.15) is 18.1 Å². The fourth-order valence-corrected chi connectivity index (χ4v) is 2.39. The van der Waals surface area contributed by atoms with Crippen molar-refractivity contribution < 1.29 is 4.52 Å². The van der Waals surface area contributed by atoms with Crippen LogP contribution >= 0.6 is 9.47 Å². The molecule has 0 bridgehead atoms. The second-order valence-electron chi connectivity index (χ2n) is 3.97. The first-order valence-corrected chi connectivity index (χ1v) is 6.25. The zero-order valence-electron chi connectivity index (χ0n) is 9.68. The third-order valence-corrected chi connectivity index (χ3v) is 3.87. The average Bonchev–Trinajstić information content (AvgIpc) is 2.40. The minimum absolute atomic E-state index is 0.311. The summed E-state index contributed by atoms with van der Waals surface area (Å²) in [5.41, 5.74) is 2.10. The molecule has 0 heterocycles. The number of rotatable bonds is 3. The molecule has 0 amide bonds. The van der Waals surface area contributed by atoms with E-state index in [0.29, 0.717) is 9.47 Å². The third-order valence-electron chi connectivity index (χ3n) is 3.06. The van der Waals surface area contributed by atoms with Crippen molar-refractivity contribution in [2.75, 3.05) is 0 Å². The molecule has 2 rings (SSSR count). The molecule has 0 aliphatic rings. The van der Waals surface area contributed by atoms with Crippen LogP contribution in [0.4, 0.5) is 0 Å². The van der Waals surface area contributed by atoms with E-state index in [9.17, 15) is 0 Å². The maximum atomic E-state index is 5.85. The summed E-state index contributed by atoms with van der Waals surface area (Å²) in [6, 6.07) is 20.7. The summed E-state index contributed by atoms with van der Waals surface area (Å²) in [7, 11) is 0.716. The van der Waals surface area contributed by atoms with E-state index in [1.54, 1.807) is 0 Å². The molecule has 16 heavy (non-hydrogen) atoms. The van der Waals surface area contributed by atoms with E-state index in [1.807, 2.05) is 12.1 Å². The van der Waals surface area contributed by atoms with Gasteiger partial charge in [-0.2, -0.15) is 0 Å². The fourth-order valence-electron chi connectivity index (χ4n) is 1.91. The van der Waals surface area contributed by atoms with Crippen LogP contribution in [0.3, 0.4) is 0 Å². The topological polar surface area (TPSA) is 9.23 Å². The van der Waals surface area contributed by atoms with Gasteiger partial charge in [-0.05, 0) is 0 Å². The summed E-state index contributed by atoms with van der Waals surface area (Å²) in [5.74, 6) is 0. The van der Waals surface area contributed by atoms with Crippen molar-refractivity contribution in [2.45, 2.75) is 12.5 Å². The van der Waals surface area contributed by atoms with Gasteiger partial charge < -0.3 is 0 Å². The monoisotopic (exact) mass is 232 g/mol. The molecule has 0 saturated carbocycles. The molecule has 0 aromatic heterocycles. The number of hydrogen-bond donors (Lipinski definition) is 0. The van der Waals surface area contributed by atoms with Crippen LogP contribution in [0.15, 0.2) is 60.7 Å². The molecule has 2 aromatic carbocycles. The Morgan fingerprint density at radius 1 is 0.812 bits per heavy atom. The van der Waals surface area contributed by atoms with Gasteiger partial charge in [0.2, 0.25) is 0 Å². The first kappa shape index (κ1) is 11.3. The molecule has 0 unspecified atom stereocenters. The Morgan fingerprint density at radius 3 is 1.50 bits per heavy atom. The summed E-state index contributed by atoms with van der Waals surface area (Å²) in [5, 5.41) is 0. The van der Waals surface area contributed by atoms with Crippen molar-refractivity contribution in [3.8, 4) is 0 Å². The van der Waals surface area contributed by atoms with Gasteiger partial charge in [-0.1, -0.05) is 0 Å². The molecule has 1 nitrogen and oxygen atoms in total. The van der Waals surface area contributed by atoms with Crippen LogP contribution in [0.5, 0.6) is 0 Å². The van der Waals surface area contributed by atoms with E-state index in [4.69, 9.17) is 4.52 Å². The van der Waals surface area contributed by atoms with Gasteiger partial charge >= 0.3 is 98.3 Å². The molecule has 0 aliphatic heterocycles. The van der Waals surface area contributed by atoms with Crippen LogP contribution in [-0.2, 0) is 10.1 Å². The Balaban J connectivity index is 2.49. The number of benzene rings is 2. The van der Waals surface area contributed by atoms with E-state index < -0.39 is 0 Å². The van der Waals surface area contributed by atoms with Crippen LogP contribution in [0.25, 0.3) is 0 Å². The van der Waals surface area contributed by atoms with E-state index >= 15 is 0 Å². The Hall–Kier alpha value is -1.17. The SMILES string of the molecule is CC(O[PH4])(c1ccccc1)c1ccccc1. The molecule has 0 saturated heterocycles. The summed E-state index contributed by atoms with van der Waals surface area (Å²) in [4.78, 5) is 0. The summed E-state index contributed by atoms with van der Waals surface area (Å²) in [6.45, 7) is 2.13. The molecule has 0 radical (unpaired) electrons. The average molecular weight is 232 g/mol. The zero-order valence-corrected chi connectivity index (χ0v) is 11.7. The normalized spacial score (nSPS) is 11.4. The van der Waals surface area contributed by atoms with Crippen molar-refractivity contribution >= 4 is 9.47 Å². The predicted molar refractivity (Wildman–Crippen MR) is 72.9 cm³/mol.